The van der Waals surface area contributed by atoms with E-state index in [1.54, 1.807) is 12.1 Å². The number of fused-ring (bicyclic) bond motifs is 3. The summed E-state index contributed by atoms with van der Waals surface area (Å²) in [6.45, 7) is 6.42. The van der Waals surface area contributed by atoms with Gasteiger partial charge >= 0.3 is 0 Å². The molecule has 0 amide bonds. The first kappa shape index (κ1) is 12.1. The quantitative estimate of drug-likeness (QED) is 0.814. The molecule has 1 aliphatic rings. The van der Waals surface area contributed by atoms with E-state index in [0.29, 0.717) is 5.92 Å². The molecule has 0 bridgehead atoms. The summed E-state index contributed by atoms with van der Waals surface area (Å²) in [5.41, 5.74) is 4.76. The molecule has 0 saturated heterocycles. The third-order valence-electron chi connectivity index (χ3n) is 3.63. The molecule has 1 N–H and O–H groups in total. The van der Waals surface area contributed by atoms with Crippen LogP contribution in [0.15, 0.2) is 36.4 Å². The van der Waals surface area contributed by atoms with Crippen molar-refractivity contribution in [2.45, 2.75) is 26.9 Å². The van der Waals surface area contributed by atoms with Gasteiger partial charge in [-0.2, -0.15) is 0 Å². The summed E-state index contributed by atoms with van der Waals surface area (Å²) in [7, 11) is 0. The first-order valence-electron chi connectivity index (χ1n) is 6.67. The lowest BCUT2D eigenvalue weighted by Gasteiger charge is -2.31. The Morgan fingerprint density at radius 1 is 1.05 bits per heavy atom. The summed E-state index contributed by atoms with van der Waals surface area (Å²) in [4.78, 5) is 0. The van der Waals surface area contributed by atoms with Crippen LogP contribution in [0.5, 0.6) is 11.5 Å². The van der Waals surface area contributed by atoms with E-state index in [1.807, 2.05) is 6.07 Å². The standard InChI is InChI=1S/C17H18O2/c1-10(2)17-15-8-11(3)4-6-13(15)14-7-5-12(18)9-16(14)19-17/h4-10,17-18H,1-3H3/t17-/m1/s1. The van der Waals surface area contributed by atoms with Gasteiger partial charge in [-0.05, 0) is 30.5 Å². The van der Waals surface area contributed by atoms with E-state index in [-0.39, 0.29) is 11.9 Å². The minimum atomic E-state index is 0.0456. The third-order valence-corrected chi connectivity index (χ3v) is 3.63. The molecule has 3 rings (SSSR count). The molecule has 0 saturated carbocycles. The number of phenols is 1. The molecule has 1 heterocycles. The van der Waals surface area contributed by atoms with Crippen LogP contribution < -0.4 is 4.74 Å². The molecule has 0 unspecified atom stereocenters. The van der Waals surface area contributed by atoms with Gasteiger partial charge in [0.05, 0.1) is 0 Å². The highest BCUT2D eigenvalue weighted by Gasteiger charge is 2.28. The Morgan fingerprint density at radius 3 is 2.53 bits per heavy atom. The molecule has 1 aliphatic heterocycles. The second kappa shape index (κ2) is 4.30. The Hall–Kier alpha value is -1.96. The molecule has 2 aromatic rings. The lowest BCUT2D eigenvalue weighted by Crippen LogP contribution is -2.19. The lowest BCUT2D eigenvalue weighted by atomic mass is 9.87. The maximum Gasteiger partial charge on any atom is 0.131 e. The zero-order chi connectivity index (χ0) is 13.6. The van der Waals surface area contributed by atoms with Crippen LogP contribution in [-0.2, 0) is 0 Å². The van der Waals surface area contributed by atoms with Gasteiger partial charge in [0, 0.05) is 17.2 Å². The van der Waals surface area contributed by atoms with E-state index in [2.05, 4.69) is 39.0 Å². The predicted octanol–water partition coefficient (Wildman–Crippen LogP) is 4.46. The number of hydrogen-bond donors (Lipinski definition) is 1. The van der Waals surface area contributed by atoms with Crippen molar-refractivity contribution in [3.63, 3.8) is 0 Å². The maximum absolute atomic E-state index is 9.63. The van der Waals surface area contributed by atoms with Gasteiger partial charge in [0.15, 0.2) is 0 Å². The average Bonchev–Trinajstić information content (AvgIpc) is 2.37. The summed E-state index contributed by atoms with van der Waals surface area (Å²) < 4.78 is 6.10. The summed E-state index contributed by atoms with van der Waals surface area (Å²) in [6.07, 6.45) is 0.0456. The Labute approximate surface area is 113 Å². The maximum atomic E-state index is 9.63. The van der Waals surface area contributed by atoms with Gasteiger partial charge in [-0.25, -0.2) is 0 Å². The molecule has 0 aliphatic carbocycles. The molecule has 2 heteroatoms. The molecule has 0 radical (unpaired) electrons. The second-order valence-electron chi connectivity index (χ2n) is 5.55. The van der Waals surface area contributed by atoms with Crippen molar-refractivity contribution >= 4 is 0 Å². The molecule has 2 aromatic carbocycles. The lowest BCUT2D eigenvalue weighted by molar-refractivity contribution is 0.150. The van der Waals surface area contributed by atoms with Crippen LogP contribution in [0.2, 0.25) is 0 Å². The van der Waals surface area contributed by atoms with Crippen molar-refractivity contribution in [1.29, 1.82) is 0 Å². The number of aromatic hydroxyl groups is 1. The Kier molecular flexibility index (Phi) is 2.74. The van der Waals surface area contributed by atoms with Crippen LogP contribution in [0.4, 0.5) is 0 Å². The molecule has 98 valence electrons. The van der Waals surface area contributed by atoms with Gasteiger partial charge in [-0.3, -0.25) is 0 Å². The molecule has 0 spiro atoms. The Balaban J connectivity index is 2.24. The smallest absolute Gasteiger partial charge is 0.131 e. The highest BCUT2D eigenvalue weighted by atomic mass is 16.5. The number of hydrogen-bond acceptors (Lipinski definition) is 2. The van der Waals surface area contributed by atoms with Crippen LogP contribution in [0, 0.1) is 12.8 Å². The topological polar surface area (TPSA) is 29.5 Å². The van der Waals surface area contributed by atoms with Crippen LogP contribution in [0.1, 0.15) is 31.1 Å². The van der Waals surface area contributed by atoms with Crippen molar-refractivity contribution in [3.8, 4) is 22.6 Å². The van der Waals surface area contributed by atoms with Crippen molar-refractivity contribution in [2.75, 3.05) is 0 Å². The molecular weight excluding hydrogens is 236 g/mol. The Morgan fingerprint density at radius 2 is 1.79 bits per heavy atom. The number of aryl methyl sites for hydroxylation is 1. The van der Waals surface area contributed by atoms with Crippen LogP contribution >= 0.6 is 0 Å². The van der Waals surface area contributed by atoms with Gasteiger partial charge in [-0.1, -0.05) is 37.6 Å². The zero-order valence-corrected chi connectivity index (χ0v) is 11.5. The normalized spacial score (nSPS) is 16.7. The predicted molar refractivity (Wildman–Crippen MR) is 76.5 cm³/mol. The largest absolute Gasteiger partial charge is 0.508 e. The fraction of sp³-hybridized carbons (Fsp3) is 0.294. The highest BCUT2D eigenvalue weighted by Crippen LogP contribution is 2.46. The van der Waals surface area contributed by atoms with Crippen molar-refractivity contribution in [2.24, 2.45) is 5.92 Å². The molecule has 1 atom stereocenters. The zero-order valence-electron chi connectivity index (χ0n) is 11.5. The van der Waals surface area contributed by atoms with E-state index in [4.69, 9.17) is 4.74 Å². The van der Waals surface area contributed by atoms with E-state index in [9.17, 15) is 5.11 Å². The van der Waals surface area contributed by atoms with Crippen LogP contribution in [0.3, 0.4) is 0 Å². The first-order valence-corrected chi connectivity index (χ1v) is 6.67. The number of ether oxygens (including phenoxy) is 1. The first-order chi connectivity index (χ1) is 9.06. The average molecular weight is 254 g/mol. The molecule has 0 fully saturated rings. The monoisotopic (exact) mass is 254 g/mol. The number of phenolic OH excluding ortho intramolecular Hbond substituents is 1. The van der Waals surface area contributed by atoms with Gasteiger partial charge in [0.1, 0.15) is 17.6 Å². The fourth-order valence-corrected chi connectivity index (χ4v) is 2.69. The van der Waals surface area contributed by atoms with Gasteiger partial charge < -0.3 is 9.84 Å². The van der Waals surface area contributed by atoms with Gasteiger partial charge in [0.2, 0.25) is 0 Å². The fourth-order valence-electron chi connectivity index (χ4n) is 2.69. The van der Waals surface area contributed by atoms with E-state index in [1.165, 1.54) is 16.7 Å². The van der Waals surface area contributed by atoms with Gasteiger partial charge in [0.25, 0.3) is 0 Å². The highest BCUT2D eigenvalue weighted by molar-refractivity contribution is 5.76. The molecule has 2 nitrogen and oxygen atoms in total. The minimum Gasteiger partial charge on any atom is -0.508 e. The van der Waals surface area contributed by atoms with Crippen LogP contribution in [-0.4, -0.2) is 5.11 Å². The van der Waals surface area contributed by atoms with Crippen molar-refractivity contribution in [3.05, 3.63) is 47.5 Å². The summed E-state index contributed by atoms with van der Waals surface area (Å²) in [5.74, 6) is 1.41. The van der Waals surface area contributed by atoms with E-state index < -0.39 is 0 Å². The van der Waals surface area contributed by atoms with Crippen molar-refractivity contribution in [1.82, 2.24) is 0 Å². The summed E-state index contributed by atoms with van der Waals surface area (Å²) in [6, 6.07) is 11.8. The molecule has 19 heavy (non-hydrogen) atoms. The number of benzene rings is 2. The van der Waals surface area contributed by atoms with E-state index >= 15 is 0 Å². The Bertz CT molecular complexity index is 629. The minimum absolute atomic E-state index is 0.0456. The number of rotatable bonds is 1. The molecule has 0 aromatic heterocycles. The van der Waals surface area contributed by atoms with Crippen LogP contribution in [0.25, 0.3) is 11.1 Å². The SMILES string of the molecule is Cc1ccc2c(c1)[C@@H](C(C)C)Oc1cc(O)ccc1-2. The van der Waals surface area contributed by atoms with E-state index in [0.717, 1.165) is 11.3 Å². The summed E-state index contributed by atoms with van der Waals surface area (Å²) >= 11 is 0. The third kappa shape index (κ3) is 1.97. The summed E-state index contributed by atoms with van der Waals surface area (Å²) in [5, 5.41) is 9.63. The van der Waals surface area contributed by atoms with Gasteiger partial charge in [-0.15, -0.1) is 0 Å². The molecular formula is C17H18O2. The van der Waals surface area contributed by atoms with Crippen molar-refractivity contribution < 1.29 is 9.84 Å². The second-order valence-corrected chi connectivity index (χ2v) is 5.55.